The van der Waals surface area contributed by atoms with Gasteiger partial charge in [0.2, 0.25) is 5.95 Å². The van der Waals surface area contributed by atoms with Crippen molar-refractivity contribution in [3.63, 3.8) is 0 Å². The summed E-state index contributed by atoms with van der Waals surface area (Å²) in [6, 6.07) is 17.3. The molecule has 2 aromatic heterocycles. The van der Waals surface area contributed by atoms with Crippen molar-refractivity contribution in [2.24, 2.45) is 0 Å². The molecule has 0 unspecified atom stereocenters. The number of hydrogen-bond donors (Lipinski definition) is 1. The lowest BCUT2D eigenvalue weighted by Crippen LogP contribution is -2.40. The van der Waals surface area contributed by atoms with Crippen LogP contribution in [0.3, 0.4) is 0 Å². The highest BCUT2D eigenvalue weighted by molar-refractivity contribution is 5.77. The van der Waals surface area contributed by atoms with Crippen LogP contribution in [0.5, 0.6) is 5.75 Å². The molecule has 4 aromatic rings. The van der Waals surface area contributed by atoms with Gasteiger partial charge in [0.05, 0.1) is 30.9 Å². The molecule has 6 nitrogen and oxygen atoms in total. The number of hydrogen-bond acceptors (Lipinski definition) is 5. The van der Waals surface area contributed by atoms with Gasteiger partial charge in [-0.25, -0.2) is 9.37 Å². The number of pyridine rings is 1. The molecule has 7 heteroatoms. The lowest BCUT2D eigenvalue weighted by molar-refractivity contribution is 0.221. The van der Waals surface area contributed by atoms with E-state index in [0.29, 0.717) is 12.6 Å². The molecular weight excluding hydrogens is 429 g/mol. The van der Waals surface area contributed by atoms with Gasteiger partial charge in [0.15, 0.2) is 0 Å². The lowest BCUT2D eigenvalue weighted by Gasteiger charge is -2.32. The van der Waals surface area contributed by atoms with Crippen LogP contribution in [0, 0.1) is 5.82 Å². The molecule has 0 radical (unpaired) electrons. The Kier molecular flexibility index (Phi) is 6.72. The molecule has 0 aliphatic carbocycles. The van der Waals surface area contributed by atoms with E-state index in [1.165, 1.54) is 17.7 Å². The van der Waals surface area contributed by atoms with Gasteiger partial charge in [-0.1, -0.05) is 24.3 Å². The zero-order chi connectivity index (χ0) is 23.3. The number of halogens is 1. The first-order valence-corrected chi connectivity index (χ1v) is 11.8. The van der Waals surface area contributed by atoms with Crippen LogP contribution in [0.1, 0.15) is 24.0 Å². The summed E-state index contributed by atoms with van der Waals surface area (Å²) < 4.78 is 20.8. The topological polar surface area (TPSA) is 55.2 Å². The van der Waals surface area contributed by atoms with Crippen LogP contribution < -0.4 is 10.1 Å². The summed E-state index contributed by atoms with van der Waals surface area (Å²) in [6.07, 6.45) is 6.80. The number of nitrogens with one attached hydrogen (secondary N) is 1. The molecule has 2 aromatic carbocycles. The largest absolute Gasteiger partial charge is 0.497 e. The Morgan fingerprint density at radius 1 is 1.00 bits per heavy atom. The summed E-state index contributed by atoms with van der Waals surface area (Å²) >= 11 is 0. The van der Waals surface area contributed by atoms with E-state index in [1.54, 1.807) is 13.3 Å². The highest BCUT2D eigenvalue weighted by Gasteiger charge is 2.21. The van der Waals surface area contributed by atoms with E-state index < -0.39 is 0 Å². The summed E-state index contributed by atoms with van der Waals surface area (Å²) in [4.78, 5) is 11.7. The summed E-state index contributed by atoms with van der Waals surface area (Å²) in [5, 5.41) is 3.69. The van der Waals surface area contributed by atoms with Crippen molar-refractivity contribution in [3.05, 3.63) is 83.9 Å². The van der Waals surface area contributed by atoms with E-state index >= 15 is 0 Å². The quantitative estimate of drug-likeness (QED) is 0.412. The Labute approximate surface area is 199 Å². The molecule has 0 spiro atoms. The van der Waals surface area contributed by atoms with E-state index in [-0.39, 0.29) is 5.82 Å². The molecule has 1 aliphatic heterocycles. The number of benzene rings is 2. The van der Waals surface area contributed by atoms with E-state index in [1.807, 2.05) is 36.5 Å². The van der Waals surface area contributed by atoms with Gasteiger partial charge < -0.3 is 19.5 Å². The second-order valence-corrected chi connectivity index (χ2v) is 8.87. The number of anilines is 1. The van der Waals surface area contributed by atoms with Gasteiger partial charge in [0, 0.05) is 31.9 Å². The van der Waals surface area contributed by atoms with Gasteiger partial charge in [-0.3, -0.25) is 4.98 Å². The SMILES string of the molecule is COc1ccc(CCN2CCC(Nc3nc4ccncc4n3Cc3ccc(F)cc3)CC2)cc1. The monoisotopic (exact) mass is 459 g/mol. The number of aromatic nitrogens is 3. The molecule has 176 valence electrons. The van der Waals surface area contributed by atoms with Crippen LogP contribution >= 0.6 is 0 Å². The number of nitrogens with zero attached hydrogens (tertiary/aromatic N) is 4. The molecule has 0 atom stereocenters. The van der Waals surface area contributed by atoms with Crippen LogP contribution in [-0.2, 0) is 13.0 Å². The standard InChI is InChI=1S/C27H30FN5O/c1-34-24-8-4-20(5-9-24)11-15-32-16-12-23(13-17-32)30-27-31-25-10-14-29-18-26(25)33(27)19-21-2-6-22(28)7-3-21/h2-10,14,18,23H,11-13,15-17,19H2,1H3,(H,30,31). The number of methoxy groups -OCH3 is 1. The Balaban J connectivity index is 1.21. The van der Waals surface area contributed by atoms with E-state index in [0.717, 1.165) is 67.2 Å². The van der Waals surface area contributed by atoms with Crippen molar-refractivity contribution in [2.45, 2.75) is 31.8 Å². The minimum absolute atomic E-state index is 0.224. The summed E-state index contributed by atoms with van der Waals surface area (Å²) in [5.41, 5.74) is 4.26. The molecule has 1 N–H and O–H groups in total. The number of rotatable bonds is 8. The smallest absolute Gasteiger partial charge is 0.204 e. The fourth-order valence-electron chi connectivity index (χ4n) is 4.58. The fraction of sp³-hybridized carbons (Fsp3) is 0.333. The Hall–Kier alpha value is -3.45. The first kappa shape index (κ1) is 22.3. The fourth-order valence-corrected chi connectivity index (χ4v) is 4.58. The zero-order valence-electron chi connectivity index (χ0n) is 19.5. The predicted molar refractivity (Wildman–Crippen MR) is 133 cm³/mol. The van der Waals surface area contributed by atoms with Crippen molar-refractivity contribution in [1.82, 2.24) is 19.4 Å². The van der Waals surface area contributed by atoms with Gasteiger partial charge in [0.1, 0.15) is 11.6 Å². The molecule has 0 saturated carbocycles. The normalized spacial score (nSPS) is 15.0. The lowest BCUT2D eigenvalue weighted by atomic mass is 10.0. The van der Waals surface area contributed by atoms with Crippen molar-refractivity contribution in [3.8, 4) is 5.75 Å². The van der Waals surface area contributed by atoms with Gasteiger partial charge in [0.25, 0.3) is 0 Å². The number of piperidine rings is 1. The van der Waals surface area contributed by atoms with Crippen molar-refractivity contribution in [2.75, 3.05) is 32.1 Å². The maximum absolute atomic E-state index is 13.4. The molecule has 1 aliphatic rings. The molecule has 1 saturated heterocycles. The molecule has 1 fully saturated rings. The zero-order valence-corrected chi connectivity index (χ0v) is 19.5. The van der Waals surface area contributed by atoms with Gasteiger partial charge >= 0.3 is 0 Å². The van der Waals surface area contributed by atoms with Crippen molar-refractivity contribution in [1.29, 1.82) is 0 Å². The molecule has 0 bridgehead atoms. The number of likely N-dealkylation sites (tertiary alicyclic amines) is 1. The van der Waals surface area contributed by atoms with Gasteiger partial charge in [-0.15, -0.1) is 0 Å². The molecular formula is C27H30FN5O. The van der Waals surface area contributed by atoms with Crippen LogP contribution in [0.25, 0.3) is 11.0 Å². The Bertz CT molecular complexity index is 1210. The first-order chi connectivity index (χ1) is 16.7. The second kappa shape index (κ2) is 10.2. The first-order valence-electron chi connectivity index (χ1n) is 11.8. The van der Waals surface area contributed by atoms with Gasteiger partial charge in [-0.05, 0) is 60.7 Å². The minimum atomic E-state index is -0.224. The Morgan fingerprint density at radius 3 is 2.47 bits per heavy atom. The van der Waals surface area contributed by atoms with Crippen LogP contribution in [0.4, 0.5) is 10.3 Å². The third-order valence-electron chi connectivity index (χ3n) is 6.60. The van der Waals surface area contributed by atoms with E-state index in [4.69, 9.17) is 9.72 Å². The van der Waals surface area contributed by atoms with Crippen LogP contribution in [0.15, 0.2) is 67.0 Å². The maximum Gasteiger partial charge on any atom is 0.204 e. The van der Waals surface area contributed by atoms with Crippen LogP contribution in [0.2, 0.25) is 0 Å². The highest BCUT2D eigenvalue weighted by atomic mass is 19.1. The number of imidazole rings is 1. The molecule has 5 rings (SSSR count). The van der Waals surface area contributed by atoms with Crippen molar-refractivity contribution < 1.29 is 9.13 Å². The number of fused-ring (bicyclic) bond motifs is 1. The summed E-state index contributed by atoms with van der Waals surface area (Å²) in [6.45, 7) is 3.81. The maximum atomic E-state index is 13.4. The second-order valence-electron chi connectivity index (χ2n) is 8.87. The average molecular weight is 460 g/mol. The predicted octanol–water partition coefficient (Wildman–Crippen LogP) is 4.75. The van der Waals surface area contributed by atoms with Gasteiger partial charge in [-0.2, -0.15) is 0 Å². The summed E-state index contributed by atoms with van der Waals surface area (Å²) in [7, 11) is 1.70. The average Bonchev–Trinajstić information content (AvgIpc) is 3.22. The Morgan fingerprint density at radius 2 is 1.74 bits per heavy atom. The summed E-state index contributed by atoms with van der Waals surface area (Å²) in [5.74, 6) is 1.53. The van der Waals surface area contributed by atoms with E-state index in [2.05, 4.69) is 31.9 Å². The highest BCUT2D eigenvalue weighted by Crippen LogP contribution is 2.23. The van der Waals surface area contributed by atoms with E-state index in [9.17, 15) is 4.39 Å². The third-order valence-corrected chi connectivity index (χ3v) is 6.60. The molecule has 34 heavy (non-hydrogen) atoms. The molecule has 3 heterocycles. The van der Waals surface area contributed by atoms with Crippen molar-refractivity contribution >= 4 is 17.0 Å². The minimum Gasteiger partial charge on any atom is -0.497 e. The molecule has 0 amide bonds. The van der Waals surface area contributed by atoms with Crippen LogP contribution in [-0.4, -0.2) is 52.2 Å². The third kappa shape index (κ3) is 5.20. The number of ether oxygens (including phenoxy) is 1.